The van der Waals surface area contributed by atoms with Crippen molar-refractivity contribution in [2.75, 3.05) is 5.32 Å². The lowest BCUT2D eigenvalue weighted by Crippen LogP contribution is -2.12. The highest BCUT2D eigenvalue weighted by molar-refractivity contribution is 9.10. The Morgan fingerprint density at radius 2 is 2.05 bits per heavy atom. The highest BCUT2D eigenvalue weighted by Crippen LogP contribution is 2.22. The SMILES string of the molecule is Cc1nc2ccc(C(=O)Nc3ccccc3Br)cc2[nH]1. The number of carbonyl (C=O) groups is 1. The third-order valence-electron chi connectivity index (χ3n) is 2.98. The van der Waals surface area contributed by atoms with Crippen LogP contribution in [0.15, 0.2) is 46.9 Å². The summed E-state index contributed by atoms with van der Waals surface area (Å²) in [7, 11) is 0. The normalized spacial score (nSPS) is 10.7. The number of aromatic nitrogens is 2. The van der Waals surface area contributed by atoms with Crippen molar-refractivity contribution in [2.45, 2.75) is 6.92 Å². The fraction of sp³-hybridized carbons (Fsp3) is 0.0667. The standard InChI is InChI=1S/C15H12BrN3O/c1-9-17-13-7-6-10(8-14(13)18-9)15(20)19-12-5-3-2-4-11(12)16/h2-8H,1H3,(H,17,18)(H,19,20). The van der Waals surface area contributed by atoms with Gasteiger partial charge in [0.25, 0.3) is 5.91 Å². The van der Waals surface area contributed by atoms with E-state index in [4.69, 9.17) is 0 Å². The van der Waals surface area contributed by atoms with Crippen LogP contribution in [0.3, 0.4) is 0 Å². The predicted molar refractivity (Wildman–Crippen MR) is 82.9 cm³/mol. The summed E-state index contributed by atoms with van der Waals surface area (Å²) in [6, 6.07) is 12.9. The molecule has 5 heteroatoms. The Morgan fingerprint density at radius 1 is 1.25 bits per heavy atom. The quantitative estimate of drug-likeness (QED) is 0.749. The Bertz CT molecular complexity index is 795. The van der Waals surface area contributed by atoms with Gasteiger partial charge < -0.3 is 10.3 Å². The Labute approximate surface area is 124 Å². The Kier molecular flexibility index (Phi) is 3.28. The lowest BCUT2D eigenvalue weighted by atomic mass is 10.2. The number of H-pyrrole nitrogens is 1. The zero-order chi connectivity index (χ0) is 14.1. The second-order valence-electron chi connectivity index (χ2n) is 4.49. The number of anilines is 1. The number of amides is 1. The van der Waals surface area contributed by atoms with Gasteiger partial charge in [-0.1, -0.05) is 12.1 Å². The van der Waals surface area contributed by atoms with E-state index in [1.807, 2.05) is 43.3 Å². The lowest BCUT2D eigenvalue weighted by molar-refractivity contribution is 0.102. The van der Waals surface area contributed by atoms with Gasteiger partial charge in [-0.05, 0) is 53.2 Å². The molecule has 1 aromatic heterocycles. The van der Waals surface area contributed by atoms with Gasteiger partial charge >= 0.3 is 0 Å². The number of hydrogen-bond acceptors (Lipinski definition) is 2. The van der Waals surface area contributed by atoms with Crippen LogP contribution in [-0.4, -0.2) is 15.9 Å². The number of para-hydroxylation sites is 1. The van der Waals surface area contributed by atoms with Gasteiger partial charge in [0.15, 0.2) is 0 Å². The third-order valence-corrected chi connectivity index (χ3v) is 3.68. The molecule has 1 heterocycles. The monoisotopic (exact) mass is 329 g/mol. The highest BCUT2D eigenvalue weighted by Gasteiger charge is 2.09. The van der Waals surface area contributed by atoms with Crippen molar-refractivity contribution < 1.29 is 4.79 Å². The number of fused-ring (bicyclic) bond motifs is 1. The maximum Gasteiger partial charge on any atom is 0.255 e. The van der Waals surface area contributed by atoms with E-state index in [1.165, 1.54) is 0 Å². The molecule has 3 rings (SSSR count). The number of rotatable bonds is 2. The third kappa shape index (κ3) is 2.44. The number of halogens is 1. The van der Waals surface area contributed by atoms with Crippen LogP contribution in [-0.2, 0) is 0 Å². The summed E-state index contributed by atoms with van der Waals surface area (Å²) < 4.78 is 0.854. The van der Waals surface area contributed by atoms with Crippen molar-refractivity contribution in [3.8, 4) is 0 Å². The summed E-state index contributed by atoms with van der Waals surface area (Å²) in [5, 5.41) is 2.88. The molecule has 0 radical (unpaired) electrons. The first-order valence-electron chi connectivity index (χ1n) is 6.16. The smallest absolute Gasteiger partial charge is 0.255 e. The van der Waals surface area contributed by atoms with Gasteiger partial charge in [-0.3, -0.25) is 4.79 Å². The molecule has 20 heavy (non-hydrogen) atoms. The number of nitrogens with zero attached hydrogens (tertiary/aromatic N) is 1. The molecule has 2 N–H and O–H groups in total. The maximum atomic E-state index is 12.3. The summed E-state index contributed by atoms with van der Waals surface area (Å²) >= 11 is 3.41. The number of nitrogens with one attached hydrogen (secondary N) is 2. The predicted octanol–water partition coefficient (Wildman–Crippen LogP) is 3.89. The van der Waals surface area contributed by atoms with E-state index < -0.39 is 0 Å². The number of benzene rings is 2. The van der Waals surface area contributed by atoms with Crippen molar-refractivity contribution in [1.82, 2.24) is 9.97 Å². The molecule has 1 amide bonds. The van der Waals surface area contributed by atoms with Crippen molar-refractivity contribution in [3.63, 3.8) is 0 Å². The van der Waals surface area contributed by atoms with Gasteiger partial charge in [-0.25, -0.2) is 4.98 Å². The second-order valence-corrected chi connectivity index (χ2v) is 5.34. The minimum absolute atomic E-state index is 0.147. The van der Waals surface area contributed by atoms with E-state index in [-0.39, 0.29) is 5.91 Å². The molecule has 3 aromatic rings. The number of imidazole rings is 1. The summed E-state index contributed by atoms with van der Waals surface area (Å²) in [6.45, 7) is 1.89. The molecule has 0 unspecified atom stereocenters. The Morgan fingerprint density at radius 3 is 2.85 bits per heavy atom. The molecular weight excluding hydrogens is 318 g/mol. The molecule has 0 bridgehead atoms. The molecule has 0 aliphatic rings. The van der Waals surface area contributed by atoms with Crippen molar-refractivity contribution in [3.05, 3.63) is 58.3 Å². The van der Waals surface area contributed by atoms with Gasteiger partial charge in [0.1, 0.15) is 5.82 Å². The fourth-order valence-electron chi connectivity index (χ4n) is 2.04. The molecule has 4 nitrogen and oxygen atoms in total. The second kappa shape index (κ2) is 5.09. The van der Waals surface area contributed by atoms with Crippen LogP contribution in [0.1, 0.15) is 16.2 Å². The van der Waals surface area contributed by atoms with Crippen LogP contribution >= 0.6 is 15.9 Å². The maximum absolute atomic E-state index is 12.3. The van der Waals surface area contributed by atoms with Crippen LogP contribution in [0.5, 0.6) is 0 Å². The highest BCUT2D eigenvalue weighted by atomic mass is 79.9. The van der Waals surface area contributed by atoms with Crippen molar-refractivity contribution in [1.29, 1.82) is 0 Å². The minimum atomic E-state index is -0.147. The van der Waals surface area contributed by atoms with Gasteiger partial charge in [0, 0.05) is 10.0 Å². The molecule has 0 aliphatic carbocycles. The summed E-state index contributed by atoms with van der Waals surface area (Å²) in [6.07, 6.45) is 0. The van der Waals surface area contributed by atoms with E-state index in [9.17, 15) is 4.79 Å². The molecule has 0 atom stereocenters. The average Bonchev–Trinajstić information content (AvgIpc) is 2.80. The largest absolute Gasteiger partial charge is 0.342 e. The van der Waals surface area contributed by atoms with Crippen LogP contribution in [0.25, 0.3) is 11.0 Å². The number of carbonyl (C=O) groups excluding carboxylic acids is 1. The van der Waals surface area contributed by atoms with Gasteiger partial charge in [0.2, 0.25) is 0 Å². The molecule has 100 valence electrons. The zero-order valence-corrected chi connectivity index (χ0v) is 12.4. The van der Waals surface area contributed by atoms with E-state index >= 15 is 0 Å². The number of aromatic amines is 1. The fourth-order valence-corrected chi connectivity index (χ4v) is 2.42. The van der Waals surface area contributed by atoms with Crippen LogP contribution in [0, 0.1) is 6.92 Å². The lowest BCUT2D eigenvalue weighted by Gasteiger charge is -2.07. The molecule has 0 saturated heterocycles. The van der Waals surface area contributed by atoms with E-state index in [0.717, 1.165) is 27.0 Å². The van der Waals surface area contributed by atoms with E-state index in [1.54, 1.807) is 6.07 Å². The number of hydrogen-bond donors (Lipinski definition) is 2. The number of aryl methyl sites for hydroxylation is 1. The molecular formula is C15H12BrN3O. The van der Waals surface area contributed by atoms with Gasteiger partial charge in [0.05, 0.1) is 16.7 Å². The van der Waals surface area contributed by atoms with Gasteiger partial charge in [-0.2, -0.15) is 0 Å². The molecule has 2 aromatic carbocycles. The summed E-state index contributed by atoms with van der Waals surface area (Å²) in [4.78, 5) is 19.7. The Balaban J connectivity index is 1.90. The first kappa shape index (κ1) is 12.9. The minimum Gasteiger partial charge on any atom is -0.342 e. The van der Waals surface area contributed by atoms with E-state index in [0.29, 0.717) is 5.56 Å². The molecule has 0 spiro atoms. The van der Waals surface area contributed by atoms with Crippen LogP contribution in [0.2, 0.25) is 0 Å². The van der Waals surface area contributed by atoms with Crippen LogP contribution < -0.4 is 5.32 Å². The first-order chi connectivity index (χ1) is 9.63. The van der Waals surface area contributed by atoms with E-state index in [2.05, 4.69) is 31.2 Å². The van der Waals surface area contributed by atoms with Gasteiger partial charge in [-0.15, -0.1) is 0 Å². The molecule has 0 aliphatic heterocycles. The molecule has 0 fully saturated rings. The summed E-state index contributed by atoms with van der Waals surface area (Å²) in [5.41, 5.74) is 3.07. The molecule has 0 saturated carbocycles. The Hall–Kier alpha value is -2.14. The first-order valence-corrected chi connectivity index (χ1v) is 6.95. The summed E-state index contributed by atoms with van der Waals surface area (Å²) in [5.74, 6) is 0.689. The zero-order valence-electron chi connectivity index (χ0n) is 10.8. The van der Waals surface area contributed by atoms with Crippen molar-refractivity contribution >= 4 is 38.6 Å². The topological polar surface area (TPSA) is 57.8 Å². The van der Waals surface area contributed by atoms with Crippen molar-refractivity contribution in [2.24, 2.45) is 0 Å². The average molecular weight is 330 g/mol. The van der Waals surface area contributed by atoms with Crippen LogP contribution in [0.4, 0.5) is 5.69 Å².